The summed E-state index contributed by atoms with van der Waals surface area (Å²) in [5, 5.41) is 7.41. The van der Waals surface area contributed by atoms with Crippen molar-refractivity contribution in [1.82, 2.24) is 19.7 Å². The van der Waals surface area contributed by atoms with Crippen LogP contribution in [-0.2, 0) is 4.74 Å². The first-order valence-corrected chi connectivity index (χ1v) is 9.20. The monoisotopic (exact) mass is 378 g/mol. The Hall–Kier alpha value is -3.26. The SMILES string of the molecule is Cc1cccc(-n2nc(C)cc2NC(=O)c2cnc(N3CCOCC3)nc2)c1. The van der Waals surface area contributed by atoms with Gasteiger partial charge in [-0.3, -0.25) is 4.79 Å². The number of amides is 1. The molecule has 1 saturated heterocycles. The molecule has 8 heteroatoms. The van der Waals surface area contributed by atoms with E-state index in [1.165, 1.54) is 0 Å². The second-order valence-electron chi connectivity index (χ2n) is 6.75. The van der Waals surface area contributed by atoms with Gasteiger partial charge in [-0.1, -0.05) is 12.1 Å². The lowest BCUT2D eigenvalue weighted by Crippen LogP contribution is -2.37. The largest absolute Gasteiger partial charge is 0.378 e. The zero-order chi connectivity index (χ0) is 19.5. The predicted molar refractivity (Wildman–Crippen MR) is 106 cm³/mol. The molecule has 2 aromatic heterocycles. The number of benzene rings is 1. The van der Waals surface area contributed by atoms with Crippen molar-refractivity contribution >= 4 is 17.7 Å². The fraction of sp³-hybridized carbons (Fsp3) is 0.300. The van der Waals surface area contributed by atoms with E-state index in [0.717, 1.165) is 30.0 Å². The number of nitrogens with zero attached hydrogens (tertiary/aromatic N) is 5. The Balaban J connectivity index is 1.52. The normalized spacial score (nSPS) is 14.1. The van der Waals surface area contributed by atoms with Crippen molar-refractivity contribution in [2.24, 2.45) is 0 Å². The summed E-state index contributed by atoms with van der Waals surface area (Å²) in [6.45, 7) is 6.73. The minimum atomic E-state index is -0.276. The molecule has 144 valence electrons. The number of carbonyl (C=O) groups excluding carboxylic acids is 1. The van der Waals surface area contributed by atoms with Gasteiger partial charge in [-0.15, -0.1) is 0 Å². The van der Waals surface area contributed by atoms with Gasteiger partial charge in [0.05, 0.1) is 30.2 Å². The third-order valence-electron chi connectivity index (χ3n) is 4.51. The lowest BCUT2D eigenvalue weighted by Gasteiger charge is -2.26. The van der Waals surface area contributed by atoms with Crippen LogP contribution in [0.3, 0.4) is 0 Å². The number of ether oxygens (including phenoxy) is 1. The van der Waals surface area contributed by atoms with E-state index in [9.17, 15) is 4.79 Å². The van der Waals surface area contributed by atoms with Gasteiger partial charge in [0.25, 0.3) is 5.91 Å². The van der Waals surface area contributed by atoms with Crippen LogP contribution in [0.4, 0.5) is 11.8 Å². The second kappa shape index (κ2) is 7.77. The van der Waals surface area contributed by atoms with E-state index in [0.29, 0.717) is 30.5 Å². The molecule has 0 aliphatic carbocycles. The van der Waals surface area contributed by atoms with Crippen LogP contribution in [-0.4, -0.2) is 52.0 Å². The smallest absolute Gasteiger partial charge is 0.259 e. The summed E-state index contributed by atoms with van der Waals surface area (Å²) < 4.78 is 7.06. The Labute approximate surface area is 163 Å². The fourth-order valence-corrected chi connectivity index (χ4v) is 3.10. The van der Waals surface area contributed by atoms with E-state index < -0.39 is 0 Å². The van der Waals surface area contributed by atoms with E-state index in [-0.39, 0.29) is 5.91 Å². The number of aryl methyl sites for hydroxylation is 2. The topological polar surface area (TPSA) is 85.2 Å². The Morgan fingerprint density at radius 3 is 2.57 bits per heavy atom. The molecule has 1 aliphatic heterocycles. The molecule has 0 spiro atoms. The lowest BCUT2D eigenvalue weighted by atomic mass is 10.2. The number of hydrogen-bond donors (Lipinski definition) is 1. The Bertz CT molecular complexity index is 977. The number of rotatable bonds is 4. The van der Waals surface area contributed by atoms with Crippen LogP contribution in [0.25, 0.3) is 5.69 Å². The maximum Gasteiger partial charge on any atom is 0.259 e. The molecule has 0 unspecified atom stereocenters. The van der Waals surface area contributed by atoms with Crippen molar-refractivity contribution in [3.05, 3.63) is 59.5 Å². The predicted octanol–water partition coefficient (Wildman–Crippen LogP) is 2.37. The van der Waals surface area contributed by atoms with E-state index in [1.807, 2.05) is 49.1 Å². The summed E-state index contributed by atoms with van der Waals surface area (Å²) >= 11 is 0. The minimum Gasteiger partial charge on any atom is -0.378 e. The van der Waals surface area contributed by atoms with Crippen LogP contribution in [0, 0.1) is 13.8 Å². The van der Waals surface area contributed by atoms with E-state index in [4.69, 9.17) is 4.74 Å². The highest BCUT2D eigenvalue weighted by molar-refractivity contribution is 6.03. The maximum absolute atomic E-state index is 12.7. The van der Waals surface area contributed by atoms with Crippen molar-refractivity contribution in [1.29, 1.82) is 0 Å². The summed E-state index contributed by atoms with van der Waals surface area (Å²) in [6, 6.07) is 9.79. The molecule has 8 nitrogen and oxygen atoms in total. The lowest BCUT2D eigenvalue weighted by molar-refractivity contribution is 0.102. The first-order valence-electron chi connectivity index (χ1n) is 9.20. The van der Waals surface area contributed by atoms with E-state index in [2.05, 4.69) is 20.4 Å². The van der Waals surface area contributed by atoms with Crippen LogP contribution >= 0.6 is 0 Å². The molecule has 1 N–H and O–H groups in total. The van der Waals surface area contributed by atoms with Gasteiger partial charge < -0.3 is 15.0 Å². The average Bonchev–Trinajstić information content (AvgIpc) is 3.09. The Morgan fingerprint density at radius 1 is 1.11 bits per heavy atom. The zero-order valence-electron chi connectivity index (χ0n) is 15.9. The van der Waals surface area contributed by atoms with Crippen molar-refractivity contribution < 1.29 is 9.53 Å². The van der Waals surface area contributed by atoms with E-state index in [1.54, 1.807) is 17.1 Å². The molecule has 28 heavy (non-hydrogen) atoms. The van der Waals surface area contributed by atoms with Crippen molar-refractivity contribution in [3.8, 4) is 5.69 Å². The molecule has 3 heterocycles. The molecular weight excluding hydrogens is 356 g/mol. The van der Waals surface area contributed by atoms with Crippen LogP contribution < -0.4 is 10.2 Å². The zero-order valence-corrected chi connectivity index (χ0v) is 15.9. The number of nitrogens with one attached hydrogen (secondary N) is 1. The molecule has 0 bridgehead atoms. The average molecular weight is 378 g/mol. The minimum absolute atomic E-state index is 0.276. The number of carbonyl (C=O) groups is 1. The summed E-state index contributed by atoms with van der Waals surface area (Å²) in [5.41, 5.74) is 3.22. The molecule has 0 atom stereocenters. The molecule has 3 aromatic rings. The third kappa shape index (κ3) is 3.86. The molecule has 1 aromatic carbocycles. The van der Waals surface area contributed by atoms with Gasteiger partial charge >= 0.3 is 0 Å². The quantitative estimate of drug-likeness (QED) is 0.750. The van der Waals surface area contributed by atoms with Crippen molar-refractivity contribution in [2.75, 3.05) is 36.5 Å². The summed E-state index contributed by atoms with van der Waals surface area (Å²) in [4.78, 5) is 23.4. The van der Waals surface area contributed by atoms with Gasteiger partial charge in [0.1, 0.15) is 5.82 Å². The summed E-state index contributed by atoms with van der Waals surface area (Å²) in [5.74, 6) is 0.938. The number of morpholine rings is 1. The van der Waals surface area contributed by atoms with Crippen molar-refractivity contribution in [2.45, 2.75) is 13.8 Å². The third-order valence-corrected chi connectivity index (χ3v) is 4.51. The Morgan fingerprint density at radius 2 is 1.86 bits per heavy atom. The van der Waals surface area contributed by atoms with Crippen LogP contribution in [0.15, 0.2) is 42.7 Å². The first-order chi connectivity index (χ1) is 13.6. The molecule has 0 saturated carbocycles. The van der Waals surface area contributed by atoms with Gasteiger partial charge in [0, 0.05) is 31.5 Å². The van der Waals surface area contributed by atoms with Gasteiger partial charge in [-0.2, -0.15) is 5.10 Å². The molecule has 1 fully saturated rings. The summed E-state index contributed by atoms with van der Waals surface area (Å²) in [7, 11) is 0. The Kier molecular flexibility index (Phi) is 5.03. The first kappa shape index (κ1) is 18.1. The molecule has 0 radical (unpaired) electrons. The highest BCUT2D eigenvalue weighted by Crippen LogP contribution is 2.19. The second-order valence-corrected chi connectivity index (χ2v) is 6.75. The van der Waals surface area contributed by atoms with Crippen LogP contribution in [0.1, 0.15) is 21.6 Å². The molecule has 1 amide bonds. The highest BCUT2D eigenvalue weighted by atomic mass is 16.5. The number of aromatic nitrogens is 4. The molecular formula is C20H22N6O2. The van der Waals surface area contributed by atoms with Crippen LogP contribution in [0.2, 0.25) is 0 Å². The van der Waals surface area contributed by atoms with Gasteiger partial charge in [-0.05, 0) is 31.5 Å². The van der Waals surface area contributed by atoms with Gasteiger partial charge in [0.15, 0.2) is 0 Å². The molecule has 1 aliphatic rings. The van der Waals surface area contributed by atoms with E-state index >= 15 is 0 Å². The highest BCUT2D eigenvalue weighted by Gasteiger charge is 2.16. The van der Waals surface area contributed by atoms with Gasteiger partial charge in [-0.25, -0.2) is 14.6 Å². The molecule has 4 rings (SSSR count). The summed E-state index contributed by atoms with van der Waals surface area (Å²) in [6.07, 6.45) is 3.10. The maximum atomic E-state index is 12.7. The number of anilines is 2. The van der Waals surface area contributed by atoms with Crippen LogP contribution in [0.5, 0.6) is 0 Å². The standard InChI is InChI=1S/C20H22N6O2/c1-14-4-3-5-17(10-14)26-18(11-15(2)24-26)23-19(27)16-12-21-20(22-13-16)25-6-8-28-9-7-25/h3-5,10-13H,6-9H2,1-2H3,(H,23,27). The van der Waals surface area contributed by atoms with Gasteiger partial charge in [0.2, 0.25) is 5.95 Å². The number of hydrogen-bond acceptors (Lipinski definition) is 6. The fourth-order valence-electron chi connectivity index (χ4n) is 3.10. The van der Waals surface area contributed by atoms with Crippen molar-refractivity contribution in [3.63, 3.8) is 0 Å².